The number of nitrogens with zero attached hydrogens (tertiary/aromatic N) is 3. The fourth-order valence-corrected chi connectivity index (χ4v) is 3.25. The normalized spacial score (nSPS) is 13.9. The average molecular weight is 428 g/mol. The third-order valence-electron chi connectivity index (χ3n) is 4.95. The van der Waals surface area contributed by atoms with Gasteiger partial charge >= 0.3 is 0 Å². The molecule has 1 N–H and O–H groups in total. The van der Waals surface area contributed by atoms with E-state index in [1.54, 1.807) is 6.20 Å². The van der Waals surface area contributed by atoms with Gasteiger partial charge in [0, 0.05) is 44.7 Å². The highest BCUT2D eigenvalue weighted by Gasteiger charge is 2.14. The number of morpholine rings is 1. The predicted molar refractivity (Wildman–Crippen MR) is 109 cm³/mol. The molecule has 3 aromatic rings. The number of benzene rings is 1. The van der Waals surface area contributed by atoms with Crippen LogP contribution in [0.5, 0.6) is 0 Å². The molecule has 1 saturated heterocycles. The number of amides is 1. The van der Waals surface area contributed by atoms with Crippen molar-refractivity contribution in [1.82, 2.24) is 15.3 Å². The summed E-state index contributed by atoms with van der Waals surface area (Å²) in [6, 6.07) is 7.11. The van der Waals surface area contributed by atoms with Gasteiger partial charge in [0.2, 0.25) is 5.91 Å². The molecule has 7 nitrogen and oxygen atoms in total. The summed E-state index contributed by atoms with van der Waals surface area (Å²) in [4.78, 5) is 22.8. The van der Waals surface area contributed by atoms with Crippen molar-refractivity contribution in [2.75, 3.05) is 31.2 Å². The molecule has 0 bridgehead atoms. The minimum atomic E-state index is -0.728. The van der Waals surface area contributed by atoms with Gasteiger partial charge in [-0.3, -0.25) is 4.79 Å². The van der Waals surface area contributed by atoms with Crippen molar-refractivity contribution in [3.05, 3.63) is 65.8 Å². The molecule has 0 radical (unpaired) electrons. The van der Waals surface area contributed by atoms with Crippen molar-refractivity contribution in [3.63, 3.8) is 0 Å². The first-order valence-electron chi connectivity index (χ1n) is 10.0. The van der Waals surface area contributed by atoms with Crippen molar-refractivity contribution in [3.8, 4) is 11.3 Å². The summed E-state index contributed by atoms with van der Waals surface area (Å²) < 4.78 is 37.7. The van der Waals surface area contributed by atoms with Crippen LogP contribution < -0.4 is 10.2 Å². The molecule has 162 valence electrons. The quantitative estimate of drug-likeness (QED) is 0.623. The number of carbonyl (C=O) groups excluding carboxylic acids is 1. The second-order valence-corrected chi connectivity index (χ2v) is 7.14. The van der Waals surface area contributed by atoms with Gasteiger partial charge in [-0.2, -0.15) is 0 Å². The Kier molecular flexibility index (Phi) is 6.51. The zero-order valence-electron chi connectivity index (χ0n) is 16.8. The molecule has 1 fully saturated rings. The minimum absolute atomic E-state index is 0.123. The molecule has 2 aromatic heterocycles. The Bertz CT molecular complexity index is 1030. The van der Waals surface area contributed by atoms with Crippen LogP contribution in [-0.2, 0) is 22.5 Å². The van der Waals surface area contributed by atoms with E-state index >= 15 is 0 Å². The van der Waals surface area contributed by atoms with E-state index in [0.29, 0.717) is 25.6 Å². The fraction of sp³-hybridized carbons (Fsp3) is 0.318. The molecular weight excluding hydrogens is 406 g/mol. The van der Waals surface area contributed by atoms with Crippen molar-refractivity contribution < 1.29 is 22.7 Å². The lowest BCUT2D eigenvalue weighted by atomic mass is 10.2. The number of halogens is 2. The van der Waals surface area contributed by atoms with E-state index in [9.17, 15) is 13.6 Å². The number of ether oxygens (including phenoxy) is 1. The molecule has 3 heterocycles. The van der Waals surface area contributed by atoms with E-state index in [4.69, 9.17) is 9.15 Å². The van der Waals surface area contributed by atoms with Crippen LogP contribution in [0.15, 0.2) is 47.1 Å². The molecule has 0 unspecified atom stereocenters. The molecule has 1 aromatic carbocycles. The van der Waals surface area contributed by atoms with Crippen molar-refractivity contribution in [1.29, 1.82) is 0 Å². The molecule has 1 aliphatic heterocycles. The molecule has 0 spiro atoms. The Hall–Kier alpha value is -3.33. The van der Waals surface area contributed by atoms with Crippen LogP contribution in [0.1, 0.15) is 17.9 Å². The molecule has 1 aliphatic rings. The molecule has 0 atom stereocenters. The van der Waals surface area contributed by atoms with E-state index in [0.717, 1.165) is 36.6 Å². The van der Waals surface area contributed by atoms with E-state index < -0.39 is 11.6 Å². The van der Waals surface area contributed by atoms with Gasteiger partial charge in [0.15, 0.2) is 11.7 Å². The van der Waals surface area contributed by atoms with E-state index in [2.05, 4.69) is 20.2 Å². The summed E-state index contributed by atoms with van der Waals surface area (Å²) in [5, 5.41) is 2.84. The number of oxazole rings is 1. The average Bonchev–Trinajstić information content (AvgIpc) is 3.26. The number of anilines is 1. The summed E-state index contributed by atoms with van der Waals surface area (Å²) in [5.41, 5.74) is 1.02. The third kappa shape index (κ3) is 5.43. The van der Waals surface area contributed by atoms with Crippen LogP contribution in [-0.4, -0.2) is 42.2 Å². The predicted octanol–water partition coefficient (Wildman–Crippen LogP) is 3.10. The van der Waals surface area contributed by atoms with Crippen LogP contribution in [0.3, 0.4) is 0 Å². The number of hydrogen-bond donors (Lipinski definition) is 1. The van der Waals surface area contributed by atoms with Crippen LogP contribution >= 0.6 is 0 Å². The smallest absolute Gasteiger partial charge is 0.220 e. The Labute approximate surface area is 178 Å². The van der Waals surface area contributed by atoms with Gasteiger partial charge in [0.25, 0.3) is 0 Å². The third-order valence-corrected chi connectivity index (χ3v) is 4.95. The molecule has 4 rings (SSSR count). The summed E-state index contributed by atoms with van der Waals surface area (Å²) in [5.74, 6) is -0.150. The van der Waals surface area contributed by atoms with Gasteiger partial charge in [0.05, 0.1) is 25.0 Å². The molecule has 0 aliphatic carbocycles. The molecule has 0 saturated carbocycles. The van der Waals surface area contributed by atoms with Crippen molar-refractivity contribution in [2.45, 2.75) is 19.4 Å². The largest absolute Gasteiger partial charge is 0.441 e. The van der Waals surface area contributed by atoms with Crippen LogP contribution in [0.4, 0.5) is 14.6 Å². The number of rotatable bonds is 7. The molecule has 1 amide bonds. The second-order valence-electron chi connectivity index (χ2n) is 7.14. The van der Waals surface area contributed by atoms with Gasteiger partial charge in [-0.15, -0.1) is 0 Å². The maximum absolute atomic E-state index is 13.8. The Morgan fingerprint density at radius 1 is 1.10 bits per heavy atom. The van der Waals surface area contributed by atoms with Crippen LogP contribution in [0.2, 0.25) is 0 Å². The van der Waals surface area contributed by atoms with Crippen molar-refractivity contribution in [2.24, 2.45) is 0 Å². The number of hydrogen-bond acceptors (Lipinski definition) is 6. The van der Waals surface area contributed by atoms with E-state index in [1.165, 1.54) is 12.3 Å². The highest BCUT2D eigenvalue weighted by atomic mass is 19.1. The summed E-state index contributed by atoms with van der Waals surface area (Å²) in [6.07, 6.45) is 3.56. The van der Waals surface area contributed by atoms with Crippen molar-refractivity contribution >= 4 is 11.7 Å². The first kappa shape index (κ1) is 20.9. The number of aromatic nitrogens is 2. The van der Waals surface area contributed by atoms with Gasteiger partial charge in [-0.1, -0.05) is 6.07 Å². The minimum Gasteiger partial charge on any atom is -0.441 e. The highest BCUT2D eigenvalue weighted by Crippen LogP contribution is 2.24. The SMILES string of the molecule is O=C(CCc1ncc(-c2ccc(F)cc2F)o1)NCc1ccc(N2CCOCC2)nc1. The molecule has 9 heteroatoms. The Balaban J connectivity index is 1.25. The first-order chi connectivity index (χ1) is 15.1. The zero-order valence-corrected chi connectivity index (χ0v) is 16.8. The fourth-order valence-electron chi connectivity index (χ4n) is 3.25. The van der Waals surface area contributed by atoms with Crippen LogP contribution in [0, 0.1) is 11.6 Å². The van der Waals surface area contributed by atoms with Gasteiger partial charge in [-0.05, 0) is 23.8 Å². The number of aryl methyl sites for hydroxylation is 1. The summed E-state index contributed by atoms with van der Waals surface area (Å²) >= 11 is 0. The zero-order chi connectivity index (χ0) is 21.6. The van der Waals surface area contributed by atoms with Gasteiger partial charge in [0.1, 0.15) is 17.5 Å². The van der Waals surface area contributed by atoms with E-state index in [1.807, 2.05) is 12.1 Å². The lowest BCUT2D eigenvalue weighted by Crippen LogP contribution is -2.36. The van der Waals surface area contributed by atoms with E-state index in [-0.39, 0.29) is 30.1 Å². The second kappa shape index (κ2) is 9.65. The maximum Gasteiger partial charge on any atom is 0.220 e. The lowest BCUT2D eigenvalue weighted by Gasteiger charge is -2.27. The van der Waals surface area contributed by atoms with Gasteiger partial charge < -0.3 is 19.4 Å². The summed E-state index contributed by atoms with van der Waals surface area (Å²) in [7, 11) is 0. The highest BCUT2D eigenvalue weighted by molar-refractivity contribution is 5.76. The molecular formula is C22H22F2N4O3. The Morgan fingerprint density at radius 2 is 1.94 bits per heavy atom. The standard InChI is InChI=1S/C22H22F2N4O3/c23-16-2-3-17(18(24)11-16)19-14-27-22(31-19)6-5-21(29)26-13-15-1-4-20(25-12-15)28-7-9-30-10-8-28/h1-4,11-12,14H,5-10,13H2,(H,26,29). The lowest BCUT2D eigenvalue weighted by molar-refractivity contribution is -0.121. The summed E-state index contributed by atoms with van der Waals surface area (Å²) in [6.45, 7) is 3.40. The topological polar surface area (TPSA) is 80.5 Å². The Morgan fingerprint density at radius 3 is 2.68 bits per heavy atom. The first-order valence-corrected chi connectivity index (χ1v) is 10.0. The number of pyridine rings is 1. The number of carbonyl (C=O) groups is 1. The number of nitrogens with one attached hydrogen (secondary N) is 1. The van der Waals surface area contributed by atoms with Crippen LogP contribution in [0.25, 0.3) is 11.3 Å². The molecule has 31 heavy (non-hydrogen) atoms. The monoisotopic (exact) mass is 428 g/mol. The maximum atomic E-state index is 13.8. The van der Waals surface area contributed by atoms with Gasteiger partial charge in [-0.25, -0.2) is 18.7 Å².